The quantitative estimate of drug-likeness (QED) is 0.803. The Morgan fingerprint density at radius 2 is 1.95 bits per heavy atom. The van der Waals surface area contributed by atoms with Gasteiger partial charge in [-0.3, -0.25) is 0 Å². The van der Waals surface area contributed by atoms with Crippen molar-refractivity contribution in [3.05, 3.63) is 0 Å². The van der Waals surface area contributed by atoms with Crippen LogP contribution in [0.15, 0.2) is 0 Å². The molecule has 2 saturated heterocycles. The molecule has 0 radical (unpaired) electrons. The van der Waals surface area contributed by atoms with Gasteiger partial charge in [0.2, 0.25) is 0 Å². The van der Waals surface area contributed by atoms with Gasteiger partial charge in [-0.2, -0.15) is 0 Å². The Morgan fingerprint density at radius 1 is 1.25 bits per heavy atom. The zero-order valence-corrected chi connectivity index (χ0v) is 13.8. The fourth-order valence-electron chi connectivity index (χ4n) is 4.35. The average molecular weight is 284 g/mol. The number of hydrogen-bond donors (Lipinski definition) is 2. The number of nitrogens with zero attached hydrogens (tertiary/aromatic N) is 1. The summed E-state index contributed by atoms with van der Waals surface area (Å²) in [6.45, 7) is 12.5. The fraction of sp³-hybridized carbons (Fsp3) is 1.00. The molecule has 2 aliphatic rings. The molecule has 0 aromatic carbocycles. The summed E-state index contributed by atoms with van der Waals surface area (Å²) in [7, 11) is 2.04. The van der Waals surface area contributed by atoms with E-state index in [1.807, 2.05) is 7.05 Å². The number of aliphatic hydroxyl groups is 1. The molecule has 2 aliphatic heterocycles. The molecule has 0 aromatic heterocycles. The Kier molecular flexibility index (Phi) is 4.80. The van der Waals surface area contributed by atoms with Crippen molar-refractivity contribution < 1.29 is 9.84 Å². The number of likely N-dealkylation sites (tertiary alicyclic amines) is 1. The van der Waals surface area contributed by atoms with Gasteiger partial charge in [-0.25, -0.2) is 0 Å². The molecule has 4 heteroatoms. The first-order chi connectivity index (χ1) is 9.30. The average Bonchev–Trinajstić information content (AvgIpc) is 2.81. The van der Waals surface area contributed by atoms with Crippen molar-refractivity contribution in [1.82, 2.24) is 10.2 Å². The van der Waals surface area contributed by atoms with Crippen LogP contribution in [0, 0.1) is 11.8 Å². The second-order valence-corrected chi connectivity index (χ2v) is 7.61. The lowest BCUT2D eigenvalue weighted by molar-refractivity contribution is -0.0791. The predicted octanol–water partition coefficient (Wildman–Crippen LogP) is 1.48. The monoisotopic (exact) mass is 284 g/mol. The van der Waals surface area contributed by atoms with Gasteiger partial charge >= 0.3 is 0 Å². The largest absolute Gasteiger partial charge is 0.396 e. The van der Waals surface area contributed by atoms with Crippen LogP contribution in [0.2, 0.25) is 0 Å². The van der Waals surface area contributed by atoms with Crippen LogP contribution in [-0.4, -0.2) is 60.5 Å². The summed E-state index contributed by atoms with van der Waals surface area (Å²) in [6.07, 6.45) is 2.17. The zero-order valence-electron chi connectivity index (χ0n) is 13.8. The number of likely N-dealkylation sites (N-methyl/N-ethyl adjacent to an activating group) is 1. The third kappa shape index (κ3) is 3.19. The van der Waals surface area contributed by atoms with Gasteiger partial charge in [-0.15, -0.1) is 0 Å². The molecule has 2 N–H and O–H groups in total. The summed E-state index contributed by atoms with van der Waals surface area (Å²) < 4.78 is 6.31. The Morgan fingerprint density at radius 3 is 2.55 bits per heavy atom. The Bertz CT molecular complexity index is 330. The van der Waals surface area contributed by atoms with E-state index in [1.54, 1.807) is 0 Å². The van der Waals surface area contributed by atoms with E-state index in [4.69, 9.17) is 9.84 Å². The third-order valence-corrected chi connectivity index (χ3v) is 5.24. The molecule has 0 spiro atoms. The molecule has 0 amide bonds. The first-order valence-corrected chi connectivity index (χ1v) is 8.01. The van der Waals surface area contributed by atoms with Crippen LogP contribution in [0.1, 0.15) is 40.5 Å². The second-order valence-electron chi connectivity index (χ2n) is 7.61. The van der Waals surface area contributed by atoms with E-state index in [0.717, 1.165) is 26.1 Å². The SMILES string of the molecule is CNC1C(CN2CCC(CCO)C2)C(C)(C)OC1(C)C. The molecule has 0 aromatic rings. The number of ether oxygens (including phenoxy) is 1. The molecule has 4 nitrogen and oxygen atoms in total. The van der Waals surface area contributed by atoms with E-state index in [-0.39, 0.29) is 11.2 Å². The molecule has 3 atom stereocenters. The van der Waals surface area contributed by atoms with E-state index in [1.165, 1.54) is 6.42 Å². The lowest BCUT2D eigenvalue weighted by Crippen LogP contribution is -2.49. The topological polar surface area (TPSA) is 44.7 Å². The zero-order chi connectivity index (χ0) is 15.0. The molecule has 118 valence electrons. The summed E-state index contributed by atoms with van der Waals surface area (Å²) in [5.74, 6) is 1.17. The van der Waals surface area contributed by atoms with Crippen LogP contribution in [0.3, 0.4) is 0 Å². The summed E-state index contributed by atoms with van der Waals surface area (Å²) >= 11 is 0. The van der Waals surface area contributed by atoms with Gasteiger partial charge in [-0.1, -0.05) is 0 Å². The van der Waals surface area contributed by atoms with Gasteiger partial charge in [0.05, 0.1) is 11.2 Å². The molecule has 0 saturated carbocycles. The van der Waals surface area contributed by atoms with Crippen molar-refractivity contribution in [3.63, 3.8) is 0 Å². The molecular weight excluding hydrogens is 252 g/mol. The maximum absolute atomic E-state index is 9.08. The molecule has 0 bridgehead atoms. The normalized spacial score (nSPS) is 36.6. The Balaban J connectivity index is 2.00. The molecular formula is C16H32N2O2. The molecule has 2 rings (SSSR count). The molecule has 2 heterocycles. The Hall–Kier alpha value is -0.160. The fourth-order valence-corrected chi connectivity index (χ4v) is 4.35. The van der Waals surface area contributed by atoms with Gasteiger partial charge in [0, 0.05) is 31.7 Å². The maximum atomic E-state index is 9.08. The van der Waals surface area contributed by atoms with Crippen molar-refractivity contribution in [3.8, 4) is 0 Å². The molecule has 20 heavy (non-hydrogen) atoms. The van der Waals surface area contributed by atoms with Crippen molar-refractivity contribution >= 4 is 0 Å². The van der Waals surface area contributed by atoms with Crippen LogP contribution in [0.5, 0.6) is 0 Å². The number of hydrogen-bond acceptors (Lipinski definition) is 4. The highest BCUT2D eigenvalue weighted by atomic mass is 16.5. The van der Waals surface area contributed by atoms with Crippen LogP contribution < -0.4 is 5.32 Å². The maximum Gasteiger partial charge on any atom is 0.0790 e. The minimum atomic E-state index is -0.118. The van der Waals surface area contributed by atoms with Crippen LogP contribution in [0.4, 0.5) is 0 Å². The van der Waals surface area contributed by atoms with Crippen LogP contribution >= 0.6 is 0 Å². The minimum absolute atomic E-state index is 0.0910. The van der Waals surface area contributed by atoms with E-state index < -0.39 is 0 Å². The van der Waals surface area contributed by atoms with Crippen molar-refractivity contribution in [1.29, 1.82) is 0 Å². The highest BCUT2D eigenvalue weighted by Gasteiger charge is 2.53. The second kappa shape index (κ2) is 5.91. The number of rotatable bonds is 5. The highest BCUT2D eigenvalue weighted by Crippen LogP contribution is 2.43. The standard InChI is InChI=1S/C16H32N2O2/c1-15(2)13(14(17-5)16(3,4)20-15)11-18-8-6-12(10-18)7-9-19/h12-14,17,19H,6-11H2,1-5H3. The van der Waals surface area contributed by atoms with Crippen molar-refractivity contribution in [2.45, 2.75) is 57.8 Å². The number of nitrogens with one attached hydrogen (secondary N) is 1. The number of aliphatic hydroxyl groups excluding tert-OH is 1. The van der Waals surface area contributed by atoms with Gasteiger partial charge in [0.15, 0.2) is 0 Å². The minimum Gasteiger partial charge on any atom is -0.396 e. The van der Waals surface area contributed by atoms with Gasteiger partial charge < -0.3 is 20.1 Å². The van der Waals surface area contributed by atoms with Crippen molar-refractivity contribution in [2.24, 2.45) is 11.8 Å². The van der Waals surface area contributed by atoms with Crippen molar-refractivity contribution in [2.75, 3.05) is 33.3 Å². The summed E-state index contributed by atoms with van der Waals surface area (Å²) in [6, 6.07) is 0.384. The third-order valence-electron chi connectivity index (χ3n) is 5.24. The molecule has 2 fully saturated rings. The highest BCUT2D eigenvalue weighted by molar-refractivity contribution is 5.06. The summed E-state index contributed by atoms with van der Waals surface area (Å²) in [4.78, 5) is 2.56. The van der Waals surface area contributed by atoms with Gasteiger partial charge in [-0.05, 0) is 60.0 Å². The van der Waals surface area contributed by atoms with Crippen LogP contribution in [-0.2, 0) is 4.74 Å². The lowest BCUT2D eigenvalue weighted by Gasteiger charge is -2.32. The van der Waals surface area contributed by atoms with Crippen LogP contribution in [0.25, 0.3) is 0 Å². The molecule has 3 unspecified atom stereocenters. The molecule has 0 aliphatic carbocycles. The van der Waals surface area contributed by atoms with E-state index in [2.05, 4.69) is 37.9 Å². The van der Waals surface area contributed by atoms with Gasteiger partial charge in [0.25, 0.3) is 0 Å². The predicted molar refractivity (Wildman–Crippen MR) is 81.8 cm³/mol. The van der Waals surface area contributed by atoms with E-state index >= 15 is 0 Å². The van der Waals surface area contributed by atoms with E-state index in [9.17, 15) is 0 Å². The van der Waals surface area contributed by atoms with E-state index in [0.29, 0.717) is 24.5 Å². The smallest absolute Gasteiger partial charge is 0.0790 e. The lowest BCUT2D eigenvalue weighted by atomic mass is 9.82. The first-order valence-electron chi connectivity index (χ1n) is 8.01. The summed E-state index contributed by atoms with van der Waals surface area (Å²) in [5, 5.41) is 12.6. The first kappa shape index (κ1) is 16.2. The summed E-state index contributed by atoms with van der Waals surface area (Å²) in [5.41, 5.74) is -0.209. The Labute approximate surface area is 123 Å². The van der Waals surface area contributed by atoms with Gasteiger partial charge in [0.1, 0.15) is 0 Å².